The standard InChI is InChI=1S/C26H33N3O4/c1-18-10-8-9-13-21(18)23(24(31)27-16-19-11-6-5-7-12-19)29(20-14-15-20)22(30)17-28-25(32)33-26(2,3)4/h5-13,20,23H,14-17H2,1-4H3,(H,27,31)(H,28,32). The van der Waals surface area contributed by atoms with Gasteiger partial charge in [-0.15, -0.1) is 0 Å². The molecule has 0 aromatic heterocycles. The van der Waals surface area contributed by atoms with Gasteiger partial charge in [-0.25, -0.2) is 4.79 Å². The van der Waals surface area contributed by atoms with Gasteiger partial charge < -0.3 is 20.3 Å². The second-order valence-corrected chi connectivity index (χ2v) is 9.35. The van der Waals surface area contributed by atoms with Crippen molar-refractivity contribution in [1.82, 2.24) is 15.5 Å². The quantitative estimate of drug-likeness (QED) is 0.638. The number of aryl methyl sites for hydroxylation is 1. The number of hydrogen-bond donors (Lipinski definition) is 2. The summed E-state index contributed by atoms with van der Waals surface area (Å²) in [6.45, 7) is 7.34. The van der Waals surface area contributed by atoms with E-state index in [2.05, 4.69) is 10.6 Å². The van der Waals surface area contributed by atoms with Crippen molar-refractivity contribution in [1.29, 1.82) is 0 Å². The smallest absolute Gasteiger partial charge is 0.408 e. The van der Waals surface area contributed by atoms with Gasteiger partial charge in [0.15, 0.2) is 0 Å². The van der Waals surface area contributed by atoms with Gasteiger partial charge in [-0.2, -0.15) is 0 Å². The molecular formula is C26H33N3O4. The molecule has 7 nitrogen and oxygen atoms in total. The van der Waals surface area contributed by atoms with Gasteiger partial charge in [0, 0.05) is 12.6 Å². The Hall–Kier alpha value is -3.35. The Kier molecular flexibility index (Phi) is 7.74. The van der Waals surface area contributed by atoms with Crippen molar-refractivity contribution in [2.24, 2.45) is 0 Å². The van der Waals surface area contributed by atoms with E-state index in [-0.39, 0.29) is 24.4 Å². The van der Waals surface area contributed by atoms with Crippen LogP contribution in [0.5, 0.6) is 0 Å². The molecule has 1 unspecified atom stereocenters. The molecule has 3 rings (SSSR count). The van der Waals surface area contributed by atoms with Gasteiger partial charge in [0.2, 0.25) is 11.8 Å². The molecule has 2 N–H and O–H groups in total. The molecule has 2 aromatic carbocycles. The third-order valence-electron chi connectivity index (χ3n) is 5.33. The van der Waals surface area contributed by atoms with E-state index in [0.717, 1.165) is 29.5 Å². The second-order valence-electron chi connectivity index (χ2n) is 9.35. The Morgan fingerprint density at radius 2 is 1.64 bits per heavy atom. The van der Waals surface area contributed by atoms with Gasteiger partial charge >= 0.3 is 6.09 Å². The molecule has 0 heterocycles. The third kappa shape index (κ3) is 7.07. The van der Waals surface area contributed by atoms with E-state index in [9.17, 15) is 14.4 Å². The molecular weight excluding hydrogens is 418 g/mol. The molecule has 7 heteroatoms. The average Bonchev–Trinajstić information content (AvgIpc) is 3.59. The highest BCUT2D eigenvalue weighted by Gasteiger charge is 2.41. The Morgan fingerprint density at radius 3 is 2.24 bits per heavy atom. The number of nitrogens with zero attached hydrogens (tertiary/aromatic N) is 1. The first kappa shape index (κ1) is 24.3. The summed E-state index contributed by atoms with van der Waals surface area (Å²) < 4.78 is 5.24. The van der Waals surface area contributed by atoms with Crippen LogP contribution in [-0.2, 0) is 20.9 Å². The van der Waals surface area contributed by atoms with Crippen LogP contribution in [0.4, 0.5) is 4.79 Å². The highest BCUT2D eigenvalue weighted by atomic mass is 16.6. The zero-order valence-corrected chi connectivity index (χ0v) is 19.8. The predicted octanol–water partition coefficient (Wildman–Crippen LogP) is 3.87. The molecule has 1 aliphatic rings. The topological polar surface area (TPSA) is 87.7 Å². The minimum atomic E-state index is -0.782. The van der Waals surface area contributed by atoms with E-state index in [1.165, 1.54) is 0 Å². The number of alkyl carbamates (subject to hydrolysis) is 1. The van der Waals surface area contributed by atoms with Crippen LogP contribution in [-0.4, -0.2) is 41.0 Å². The van der Waals surface area contributed by atoms with E-state index in [0.29, 0.717) is 6.54 Å². The van der Waals surface area contributed by atoms with Crippen molar-refractivity contribution in [3.63, 3.8) is 0 Å². The highest BCUT2D eigenvalue weighted by molar-refractivity contribution is 5.91. The van der Waals surface area contributed by atoms with Gasteiger partial charge in [0.05, 0.1) is 0 Å². The lowest BCUT2D eigenvalue weighted by molar-refractivity contribution is -0.141. The number of carbonyl (C=O) groups excluding carboxylic acids is 3. The van der Waals surface area contributed by atoms with Crippen molar-refractivity contribution in [3.05, 3.63) is 71.3 Å². The van der Waals surface area contributed by atoms with Gasteiger partial charge in [0.1, 0.15) is 18.2 Å². The molecule has 1 aliphatic carbocycles. The zero-order valence-electron chi connectivity index (χ0n) is 19.8. The van der Waals surface area contributed by atoms with E-state index in [4.69, 9.17) is 4.74 Å². The van der Waals surface area contributed by atoms with Crippen molar-refractivity contribution in [2.75, 3.05) is 6.54 Å². The molecule has 0 spiro atoms. The molecule has 1 saturated carbocycles. The Bertz CT molecular complexity index is 981. The maximum absolute atomic E-state index is 13.5. The van der Waals surface area contributed by atoms with Crippen LogP contribution in [0.1, 0.15) is 56.3 Å². The summed E-state index contributed by atoms with van der Waals surface area (Å²) in [7, 11) is 0. The largest absolute Gasteiger partial charge is 0.444 e. The Morgan fingerprint density at radius 1 is 1.00 bits per heavy atom. The summed E-state index contributed by atoms with van der Waals surface area (Å²) in [5.74, 6) is -0.558. The molecule has 1 fully saturated rings. The summed E-state index contributed by atoms with van der Waals surface area (Å²) in [6, 6.07) is 16.4. The number of nitrogens with one attached hydrogen (secondary N) is 2. The molecule has 0 bridgehead atoms. The number of ether oxygens (including phenoxy) is 1. The number of carbonyl (C=O) groups is 3. The van der Waals surface area contributed by atoms with Crippen molar-refractivity contribution in [3.8, 4) is 0 Å². The Balaban J connectivity index is 1.80. The minimum absolute atomic E-state index is 0.0370. The minimum Gasteiger partial charge on any atom is -0.444 e. The van der Waals surface area contributed by atoms with Crippen molar-refractivity contribution in [2.45, 2.75) is 64.8 Å². The first-order valence-corrected chi connectivity index (χ1v) is 11.3. The van der Waals surface area contributed by atoms with Crippen LogP contribution in [0.15, 0.2) is 54.6 Å². The van der Waals surface area contributed by atoms with Gasteiger partial charge in [-0.3, -0.25) is 9.59 Å². The fourth-order valence-electron chi connectivity index (χ4n) is 3.66. The lowest BCUT2D eigenvalue weighted by Gasteiger charge is -2.32. The van der Waals surface area contributed by atoms with Crippen LogP contribution in [0.2, 0.25) is 0 Å². The molecule has 0 aliphatic heterocycles. The van der Waals surface area contributed by atoms with Crippen molar-refractivity contribution >= 4 is 17.9 Å². The molecule has 33 heavy (non-hydrogen) atoms. The second kappa shape index (κ2) is 10.5. The third-order valence-corrected chi connectivity index (χ3v) is 5.33. The fraction of sp³-hybridized carbons (Fsp3) is 0.423. The van der Waals surface area contributed by atoms with E-state index < -0.39 is 17.7 Å². The average molecular weight is 452 g/mol. The first-order valence-electron chi connectivity index (χ1n) is 11.3. The number of rotatable bonds is 8. The predicted molar refractivity (Wildman–Crippen MR) is 126 cm³/mol. The molecule has 3 amide bonds. The summed E-state index contributed by atoms with van der Waals surface area (Å²) in [5, 5.41) is 5.53. The van der Waals surface area contributed by atoms with Crippen LogP contribution in [0, 0.1) is 6.92 Å². The Labute approximate surface area is 195 Å². The van der Waals surface area contributed by atoms with Gasteiger partial charge in [0.25, 0.3) is 0 Å². The molecule has 0 radical (unpaired) electrons. The molecule has 1 atom stereocenters. The van der Waals surface area contributed by atoms with E-state index in [1.807, 2.05) is 61.5 Å². The molecule has 176 valence electrons. The normalized spacial score (nSPS) is 14.2. The van der Waals surface area contributed by atoms with E-state index >= 15 is 0 Å². The molecule has 0 saturated heterocycles. The summed E-state index contributed by atoms with van der Waals surface area (Å²) >= 11 is 0. The lowest BCUT2D eigenvalue weighted by Crippen LogP contribution is -2.48. The van der Waals surface area contributed by atoms with Gasteiger partial charge in [-0.1, -0.05) is 54.6 Å². The van der Waals surface area contributed by atoms with Crippen LogP contribution in [0.25, 0.3) is 0 Å². The summed E-state index contributed by atoms with van der Waals surface area (Å²) in [5.41, 5.74) is 2.02. The maximum atomic E-state index is 13.5. The van der Waals surface area contributed by atoms with Gasteiger partial charge in [-0.05, 0) is 57.2 Å². The fourth-order valence-corrected chi connectivity index (χ4v) is 3.66. The summed E-state index contributed by atoms with van der Waals surface area (Å²) in [6.07, 6.45) is 0.992. The number of hydrogen-bond acceptors (Lipinski definition) is 4. The zero-order chi connectivity index (χ0) is 24.0. The lowest BCUT2D eigenvalue weighted by atomic mass is 9.98. The number of benzene rings is 2. The SMILES string of the molecule is Cc1ccccc1C(C(=O)NCc1ccccc1)N(C(=O)CNC(=O)OC(C)(C)C)C1CC1. The van der Waals surface area contributed by atoms with Crippen molar-refractivity contribution < 1.29 is 19.1 Å². The highest BCUT2D eigenvalue weighted by Crippen LogP contribution is 2.36. The van der Waals surface area contributed by atoms with Crippen LogP contribution < -0.4 is 10.6 Å². The van der Waals surface area contributed by atoms with E-state index in [1.54, 1.807) is 25.7 Å². The maximum Gasteiger partial charge on any atom is 0.408 e. The van der Waals surface area contributed by atoms with Crippen LogP contribution >= 0.6 is 0 Å². The van der Waals surface area contributed by atoms with Crippen LogP contribution in [0.3, 0.4) is 0 Å². The molecule has 2 aromatic rings. The number of amides is 3. The first-order chi connectivity index (χ1) is 15.7. The monoisotopic (exact) mass is 451 g/mol. The summed E-state index contributed by atoms with van der Waals surface area (Å²) in [4.78, 5) is 40.4.